The lowest BCUT2D eigenvalue weighted by molar-refractivity contribution is 0.0706. The van der Waals surface area contributed by atoms with Crippen molar-refractivity contribution in [3.05, 3.63) is 47.8 Å². The van der Waals surface area contributed by atoms with Gasteiger partial charge in [-0.2, -0.15) is 0 Å². The Labute approximate surface area is 147 Å². The molecule has 2 aliphatic rings. The SMILES string of the molecule is Nc1c(-c2ccnc3c2ccn3C2CCOCC2)ccc2c1CCC2. The third-order valence-electron chi connectivity index (χ3n) is 5.82. The van der Waals surface area contributed by atoms with E-state index in [-0.39, 0.29) is 0 Å². The molecule has 1 saturated heterocycles. The van der Waals surface area contributed by atoms with Gasteiger partial charge in [0, 0.05) is 48.3 Å². The summed E-state index contributed by atoms with van der Waals surface area (Å²) in [6, 6.07) is 9.23. The molecule has 25 heavy (non-hydrogen) atoms. The zero-order valence-corrected chi connectivity index (χ0v) is 14.4. The third kappa shape index (κ3) is 2.35. The summed E-state index contributed by atoms with van der Waals surface area (Å²) >= 11 is 0. The maximum atomic E-state index is 6.56. The predicted octanol–water partition coefficient (Wildman–Crippen LogP) is 4.13. The molecule has 0 spiro atoms. The zero-order valence-electron chi connectivity index (χ0n) is 14.4. The summed E-state index contributed by atoms with van der Waals surface area (Å²) in [5, 5.41) is 1.19. The van der Waals surface area contributed by atoms with Crippen LogP contribution in [0.2, 0.25) is 0 Å². The predicted molar refractivity (Wildman–Crippen MR) is 101 cm³/mol. The van der Waals surface area contributed by atoms with E-state index in [1.165, 1.54) is 28.5 Å². The molecule has 1 aliphatic heterocycles. The van der Waals surface area contributed by atoms with Gasteiger partial charge in [0.1, 0.15) is 5.65 Å². The van der Waals surface area contributed by atoms with Crippen molar-refractivity contribution in [2.75, 3.05) is 18.9 Å². The number of nitrogens with two attached hydrogens (primary N) is 1. The van der Waals surface area contributed by atoms with Gasteiger partial charge in [-0.1, -0.05) is 12.1 Å². The minimum absolute atomic E-state index is 0.478. The molecule has 2 aromatic heterocycles. The lowest BCUT2D eigenvalue weighted by atomic mass is 9.96. The van der Waals surface area contributed by atoms with Crippen molar-refractivity contribution in [2.45, 2.75) is 38.1 Å². The number of nitrogens with zero attached hydrogens (tertiary/aromatic N) is 2. The van der Waals surface area contributed by atoms with Gasteiger partial charge in [0.2, 0.25) is 0 Å². The third-order valence-corrected chi connectivity index (χ3v) is 5.82. The van der Waals surface area contributed by atoms with E-state index in [2.05, 4.69) is 40.0 Å². The van der Waals surface area contributed by atoms with Gasteiger partial charge in [0.25, 0.3) is 0 Å². The van der Waals surface area contributed by atoms with Gasteiger partial charge >= 0.3 is 0 Å². The van der Waals surface area contributed by atoms with Crippen LogP contribution in [0, 0.1) is 0 Å². The normalized spacial score (nSPS) is 17.9. The second-order valence-corrected chi connectivity index (χ2v) is 7.18. The standard InChI is InChI=1S/C21H23N3O/c22-20-16-3-1-2-14(16)4-5-18(20)17-6-10-23-21-19(17)7-11-24(21)15-8-12-25-13-9-15/h4-7,10-11,15H,1-3,8-9,12-13,22H2. The number of anilines is 1. The summed E-state index contributed by atoms with van der Waals surface area (Å²) in [6.07, 6.45) is 9.68. The molecule has 1 fully saturated rings. The van der Waals surface area contributed by atoms with Crippen molar-refractivity contribution >= 4 is 16.7 Å². The molecule has 128 valence electrons. The first-order valence-electron chi connectivity index (χ1n) is 9.27. The monoisotopic (exact) mass is 333 g/mol. The van der Waals surface area contributed by atoms with Crippen molar-refractivity contribution in [3.8, 4) is 11.1 Å². The second kappa shape index (κ2) is 5.88. The molecule has 4 heteroatoms. The van der Waals surface area contributed by atoms with Crippen molar-refractivity contribution < 1.29 is 4.74 Å². The van der Waals surface area contributed by atoms with Crippen LogP contribution < -0.4 is 5.73 Å². The van der Waals surface area contributed by atoms with E-state index in [1.807, 2.05) is 6.20 Å². The minimum atomic E-state index is 0.478. The summed E-state index contributed by atoms with van der Waals surface area (Å²) in [5.41, 5.74) is 13.7. The van der Waals surface area contributed by atoms with E-state index in [1.54, 1.807) is 0 Å². The maximum absolute atomic E-state index is 6.56. The summed E-state index contributed by atoms with van der Waals surface area (Å²) in [5.74, 6) is 0. The molecule has 3 heterocycles. The van der Waals surface area contributed by atoms with Crippen molar-refractivity contribution in [2.24, 2.45) is 0 Å². The Morgan fingerprint density at radius 2 is 1.92 bits per heavy atom. The average Bonchev–Trinajstić information content (AvgIpc) is 3.30. The number of pyridine rings is 1. The zero-order chi connectivity index (χ0) is 16.8. The van der Waals surface area contributed by atoms with Crippen LogP contribution in [0.1, 0.15) is 36.4 Å². The number of hydrogen-bond donors (Lipinski definition) is 1. The molecule has 4 nitrogen and oxygen atoms in total. The Balaban J connectivity index is 1.64. The highest BCUT2D eigenvalue weighted by Crippen LogP contribution is 2.38. The molecule has 0 unspecified atom stereocenters. The van der Waals surface area contributed by atoms with Gasteiger partial charge in [-0.05, 0) is 60.9 Å². The molecule has 1 aromatic carbocycles. The fourth-order valence-corrected chi connectivity index (χ4v) is 4.48. The Morgan fingerprint density at radius 3 is 2.80 bits per heavy atom. The van der Waals surface area contributed by atoms with Crippen LogP contribution in [-0.2, 0) is 17.6 Å². The van der Waals surface area contributed by atoms with E-state index in [4.69, 9.17) is 10.5 Å². The number of benzene rings is 1. The molecule has 1 aliphatic carbocycles. The van der Waals surface area contributed by atoms with Crippen LogP contribution in [0.3, 0.4) is 0 Å². The number of aromatic nitrogens is 2. The van der Waals surface area contributed by atoms with E-state index < -0.39 is 0 Å². The Morgan fingerprint density at radius 1 is 1.04 bits per heavy atom. The first kappa shape index (κ1) is 15.0. The van der Waals surface area contributed by atoms with Crippen LogP contribution in [0.15, 0.2) is 36.7 Å². The number of rotatable bonds is 2. The number of nitrogen functional groups attached to an aromatic ring is 1. The van der Waals surface area contributed by atoms with Crippen molar-refractivity contribution in [1.29, 1.82) is 0 Å². The van der Waals surface area contributed by atoms with Crippen LogP contribution >= 0.6 is 0 Å². The summed E-state index contributed by atoms with van der Waals surface area (Å²) in [4.78, 5) is 4.69. The molecule has 3 aromatic rings. The van der Waals surface area contributed by atoms with Crippen LogP contribution in [-0.4, -0.2) is 22.8 Å². The molecule has 5 rings (SSSR count). The second-order valence-electron chi connectivity index (χ2n) is 7.18. The lowest BCUT2D eigenvalue weighted by Crippen LogP contribution is -2.19. The molecule has 0 atom stereocenters. The maximum Gasteiger partial charge on any atom is 0.140 e. The highest BCUT2D eigenvalue weighted by atomic mass is 16.5. The van der Waals surface area contributed by atoms with Gasteiger partial charge in [0.05, 0.1) is 0 Å². The van der Waals surface area contributed by atoms with E-state index in [0.717, 1.165) is 55.8 Å². The largest absolute Gasteiger partial charge is 0.398 e. The number of fused-ring (bicyclic) bond motifs is 2. The fraction of sp³-hybridized carbons (Fsp3) is 0.381. The molecule has 0 saturated carbocycles. The molecular weight excluding hydrogens is 310 g/mol. The molecular formula is C21H23N3O. The van der Waals surface area contributed by atoms with Gasteiger partial charge in [-0.3, -0.25) is 0 Å². The molecule has 0 bridgehead atoms. The number of hydrogen-bond acceptors (Lipinski definition) is 3. The minimum Gasteiger partial charge on any atom is -0.398 e. The Hall–Kier alpha value is -2.33. The quantitative estimate of drug-likeness (QED) is 0.718. The first-order valence-corrected chi connectivity index (χ1v) is 9.27. The number of aryl methyl sites for hydroxylation is 1. The average molecular weight is 333 g/mol. The summed E-state index contributed by atoms with van der Waals surface area (Å²) in [6.45, 7) is 1.67. The fourth-order valence-electron chi connectivity index (χ4n) is 4.48. The van der Waals surface area contributed by atoms with E-state index in [9.17, 15) is 0 Å². The molecule has 0 amide bonds. The lowest BCUT2D eigenvalue weighted by Gasteiger charge is -2.24. The number of ether oxygens (including phenoxy) is 1. The van der Waals surface area contributed by atoms with Crippen LogP contribution in [0.5, 0.6) is 0 Å². The summed E-state index contributed by atoms with van der Waals surface area (Å²) < 4.78 is 7.84. The summed E-state index contributed by atoms with van der Waals surface area (Å²) in [7, 11) is 0. The first-order chi connectivity index (χ1) is 12.3. The van der Waals surface area contributed by atoms with Gasteiger partial charge in [-0.25, -0.2) is 4.98 Å². The molecule has 2 N–H and O–H groups in total. The van der Waals surface area contributed by atoms with E-state index in [0.29, 0.717) is 6.04 Å². The van der Waals surface area contributed by atoms with Gasteiger partial charge in [0.15, 0.2) is 0 Å². The van der Waals surface area contributed by atoms with Crippen molar-refractivity contribution in [3.63, 3.8) is 0 Å². The highest BCUT2D eigenvalue weighted by Gasteiger charge is 2.21. The van der Waals surface area contributed by atoms with Crippen LogP contribution in [0.4, 0.5) is 5.69 Å². The highest BCUT2D eigenvalue weighted by molar-refractivity contribution is 5.97. The van der Waals surface area contributed by atoms with Gasteiger partial charge in [-0.15, -0.1) is 0 Å². The Bertz CT molecular complexity index is 938. The smallest absolute Gasteiger partial charge is 0.140 e. The Kier molecular flexibility index (Phi) is 3.52. The molecule has 0 radical (unpaired) electrons. The van der Waals surface area contributed by atoms with Crippen LogP contribution in [0.25, 0.3) is 22.2 Å². The van der Waals surface area contributed by atoms with E-state index >= 15 is 0 Å². The van der Waals surface area contributed by atoms with Crippen molar-refractivity contribution in [1.82, 2.24) is 9.55 Å². The van der Waals surface area contributed by atoms with Gasteiger partial charge < -0.3 is 15.0 Å². The topological polar surface area (TPSA) is 53.1 Å².